The summed E-state index contributed by atoms with van der Waals surface area (Å²) in [6, 6.07) is 9.74. The lowest BCUT2D eigenvalue weighted by molar-refractivity contribution is -0.127. The smallest absolute Gasteiger partial charge is 0.299 e. The number of benzene rings is 1. The third-order valence-corrected chi connectivity index (χ3v) is 3.45. The molecule has 0 atom stereocenters. The zero-order valence-corrected chi connectivity index (χ0v) is 11.0. The van der Waals surface area contributed by atoms with E-state index in [-0.39, 0.29) is 18.6 Å². The van der Waals surface area contributed by atoms with Gasteiger partial charge in [-0.25, -0.2) is 0 Å². The third kappa shape index (κ3) is 3.84. The monoisotopic (exact) mass is 257 g/mol. The first-order valence-corrected chi connectivity index (χ1v) is 6.80. The van der Waals surface area contributed by atoms with Crippen LogP contribution >= 0.6 is 0 Å². The maximum absolute atomic E-state index is 12.1. The van der Waals surface area contributed by atoms with E-state index in [9.17, 15) is 4.79 Å². The van der Waals surface area contributed by atoms with E-state index >= 15 is 0 Å². The molecule has 1 N–H and O–H groups in total. The second-order valence-electron chi connectivity index (χ2n) is 4.78. The van der Waals surface area contributed by atoms with Crippen LogP contribution in [0.1, 0.15) is 31.2 Å². The predicted octanol–water partition coefficient (Wildman–Crippen LogP) is 1.80. The SMILES string of the molecule is O=C(C#Cc1ccccc1)N(CCO)C1CCCC1. The number of aliphatic hydroxyl groups is 1. The first-order valence-electron chi connectivity index (χ1n) is 6.80. The number of nitrogens with zero attached hydrogens (tertiary/aromatic N) is 1. The molecule has 1 aromatic rings. The topological polar surface area (TPSA) is 40.5 Å². The van der Waals surface area contributed by atoms with Crippen molar-refractivity contribution in [2.24, 2.45) is 0 Å². The van der Waals surface area contributed by atoms with Gasteiger partial charge in [0.05, 0.1) is 6.61 Å². The quantitative estimate of drug-likeness (QED) is 0.839. The molecular formula is C16H19NO2. The van der Waals surface area contributed by atoms with Crippen molar-refractivity contribution < 1.29 is 9.90 Å². The van der Waals surface area contributed by atoms with Crippen LogP contribution in [-0.2, 0) is 4.79 Å². The van der Waals surface area contributed by atoms with Crippen LogP contribution in [0.25, 0.3) is 0 Å². The molecule has 0 aliphatic heterocycles. The van der Waals surface area contributed by atoms with E-state index in [4.69, 9.17) is 5.11 Å². The molecule has 0 aromatic heterocycles. The van der Waals surface area contributed by atoms with Crippen LogP contribution in [0.3, 0.4) is 0 Å². The number of amides is 1. The van der Waals surface area contributed by atoms with Gasteiger partial charge in [0.25, 0.3) is 5.91 Å². The summed E-state index contributed by atoms with van der Waals surface area (Å²) in [6.07, 6.45) is 4.37. The summed E-state index contributed by atoms with van der Waals surface area (Å²) in [7, 11) is 0. The summed E-state index contributed by atoms with van der Waals surface area (Å²) in [5.41, 5.74) is 0.839. The fourth-order valence-corrected chi connectivity index (χ4v) is 2.49. The minimum atomic E-state index is -0.176. The molecule has 1 fully saturated rings. The van der Waals surface area contributed by atoms with Crippen molar-refractivity contribution in [1.29, 1.82) is 0 Å². The Morgan fingerprint density at radius 2 is 1.95 bits per heavy atom. The molecule has 1 aliphatic carbocycles. The standard InChI is InChI=1S/C16H19NO2/c18-13-12-17(15-8-4-5-9-15)16(19)11-10-14-6-2-1-3-7-14/h1-3,6-7,15,18H,4-5,8-9,12-13H2. The predicted molar refractivity (Wildman–Crippen MR) is 74.4 cm³/mol. The van der Waals surface area contributed by atoms with Crippen LogP contribution in [0.5, 0.6) is 0 Å². The van der Waals surface area contributed by atoms with Crippen LogP contribution < -0.4 is 0 Å². The molecule has 2 rings (SSSR count). The van der Waals surface area contributed by atoms with Gasteiger partial charge >= 0.3 is 0 Å². The van der Waals surface area contributed by atoms with Gasteiger partial charge in [0.2, 0.25) is 0 Å². The van der Waals surface area contributed by atoms with Gasteiger partial charge in [0, 0.05) is 24.1 Å². The molecule has 0 unspecified atom stereocenters. The van der Waals surface area contributed by atoms with E-state index < -0.39 is 0 Å². The summed E-state index contributed by atoms with van der Waals surface area (Å²) < 4.78 is 0. The van der Waals surface area contributed by atoms with Crippen molar-refractivity contribution in [1.82, 2.24) is 4.90 Å². The highest BCUT2D eigenvalue weighted by atomic mass is 16.3. The number of hydrogen-bond acceptors (Lipinski definition) is 2. The molecule has 0 saturated heterocycles. The Morgan fingerprint density at radius 1 is 1.26 bits per heavy atom. The lowest BCUT2D eigenvalue weighted by Gasteiger charge is -2.26. The van der Waals surface area contributed by atoms with E-state index in [0.717, 1.165) is 31.2 Å². The van der Waals surface area contributed by atoms with E-state index in [1.807, 2.05) is 30.3 Å². The Hall–Kier alpha value is -1.79. The minimum Gasteiger partial charge on any atom is -0.395 e. The maximum Gasteiger partial charge on any atom is 0.299 e. The zero-order valence-electron chi connectivity index (χ0n) is 11.0. The Labute approximate surface area is 114 Å². The molecule has 1 aliphatic rings. The summed E-state index contributed by atoms with van der Waals surface area (Å²) in [6.45, 7) is 0.377. The highest BCUT2D eigenvalue weighted by Crippen LogP contribution is 2.23. The summed E-state index contributed by atoms with van der Waals surface area (Å²) in [5.74, 6) is 5.39. The van der Waals surface area contributed by atoms with Crippen LogP contribution in [0, 0.1) is 11.8 Å². The average Bonchev–Trinajstić information content (AvgIpc) is 2.97. The summed E-state index contributed by atoms with van der Waals surface area (Å²) >= 11 is 0. The molecule has 100 valence electrons. The van der Waals surface area contributed by atoms with Crippen LogP contribution in [0.4, 0.5) is 0 Å². The Bertz CT molecular complexity index is 467. The molecule has 0 heterocycles. The van der Waals surface area contributed by atoms with E-state index in [0.29, 0.717) is 6.54 Å². The largest absolute Gasteiger partial charge is 0.395 e. The maximum atomic E-state index is 12.1. The second-order valence-corrected chi connectivity index (χ2v) is 4.78. The molecule has 0 radical (unpaired) electrons. The number of hydrogen-bond donors (Lipinski definition) is 1. The fourth-order valence-electron chi connectivity index (χ4n) is 2.49. The lowest BCUT2D eigenvalue weighted by atomic mass is 10.2. The molecule has 3 heteroatoms. The van der Waals surface area contributed by atoms with Gasteiger partial charge in [0.15, 0.2) is 0 Å². The molecular weight excluding hydrogens is 238 g/mol. The number of aliphatic hydroxyl groups excluding tert-OH is 1. The Balaban J connectivity index is 2.05. The molecule has 1 amide bonds. The number of carbonyl (C=O) groups is 1. The Morgan fingerprint density at radius 3 is 2.58 bits per heavy atom. The number of rotatable bonds is 3. The van der Waals surface area contributed by atoms with Gasteiger partial charge in [0.1, 0.15) is 0 Å². The van der Waals surface area contributed by atoms with E-state index in [1.54, 1.807) is 4.90 Å². The van der Waals surface area contributed by atoms with Crippen molar-refractivity contribution in [2.75, 3.05) is 13.2 Å². The summed E-state index contributed by atoms with van der Waals surface area (Å²) in [5, 5.41) is 9.09. The first-order chi connectivity index (χ1) is 9.31. The van der Waals surface area contributed by atoms with Gasteiger partial charge in [-0.05, 0) is 25.0 Å². The van der Waals surface area contributed by atoms with Crippen molar-refractivity contribution in [3.63, 3.8) is 0 Å². The van der Waals surface area contributed by atoms with Gasteiger partial charge < -0.3 is 10.0 Å². The highest BCUT2D eigenvalue weighted by molar-refractivity contribution is 5.94. The lowest BCUT2D eigenvalue weighted by Crippen LogP contribution is -2.40. The van der Waals surface area contributed by atoms with Crippen LogP contribution in [0.2, 0.25) is 0 Å². The zero-order chi connectivity index (χ0) is 13.5. The van der Waals surface area contributed by atoms with Crippen LogP contribution in [-0.4, -0.2) is 35.1 Å². The third-order valence-electron chi connectivity index (χ3n) is 3.45. The van der Waals surface area contributed by atoms with Gasteiger partial charge in [-0.2, -0.15) is 0 Å². The van der Waals surface area contributed by atoms with Gasteiger partial charge in [-0.15, -0.1) is 0 Å². The number of carbonyl (C=O) groups excluding carboxylic acids is 1. The van der Waals surface area contributed by atoms with Gasteiger partial charge in [-0.1, -0.05) is 37.0 Å². The van der Waals surface area contributed by atoms with Crippen molar-refractivity contribution in [2.45, 2.75) is 31.7 Å². The average molecular weight is 257 g/mol. The fraction of sp³-hybridized carbons (Fsp3) is 0.438. The Kier molecular flexibility index (Phi) is 5.00. The minimum absolute atomic E-state index is 0.00471. The summed E-state index contributed by atoms with van der Waals surface area (Å²) in [4.78, 5) is 13.9. The molecule has 1 aromatic carbocycles. The normalized spacial score (nSPS) is 14.8. The molecule has 0 bridgehead atoms. The molecule has 19 heavy (non-hydrogen) atoms. The second kappa shape index (κ2) is 6.96. The van der Waals surface area contributed by atoms with E-state index in [2.05, 4.69) is 11.8 Å². The van der Waals surface area contributed by atoms with Gasteiger partial charge in [-0.3, -0.25) is 4.79 Å². The molecule has 0 spiro atoms. The molecule has 1 saturated carbocycles. The van der Waals surface area contributed by atoms with E-state index in [1.165, 1.54) is 0 Å². The van der Waals surface area contributed by atoms with Crippen molar-refractivity contribution in [3.8, 4) is 11.8 Å². The highest BCUT2D eigenvalue weighted by Gasteiger charge is 2.25. The first kappa shape index (κ1) is 13.6. The molecule has 3 nitrogen and oxygen atoms in total. The van der Waals surface area contributed by atoms with Crippen LogP contribution in [0.15, 0.2) is 30.3 Å². The van der Waals surface area contributed by atoms with Crippen molar-refractivity contribution >= 4 is 5.91 Å². The van der Waals surface area contributed by atoms with Crippen molar-refractivity contribution in [3.05, 3.63) is 35.9 Å².